The van der Waals surface area contributed by atoms with Gasteiger partial charge in [-0.1, -0.05) is 71.1 Å². The van der Waals surface area contributed by atoms with Crippen LogP contribution >= 0.6 is 0 Å². The van der Waals surface area contributed by atoms with E-state index in [1.54, 1.807) is 0 Å². The van der Waals surface area contributed by atoms with Crippen molar-refractivity contribution in [3.8, 4) is 0 Å². The second kappa shape index (κ2) is 42.6. The average molecular weight is 929 g/mol. The Bertz CT molecular complexity index is 1340. The molecular weight excluding hydrogens is 849 g/mol. The van der Waals surface area contributed by atoms with E-state index in [2.05, 4.69) is 21.3 Å². The molecule has 0 aliphatic carbocycles. The van der Waals surface area contributed by atoms with Crippen molar-refractivity contribution >= 4 is 47.2 Å². The van der Waals surface area contributed by atoms with Crippen LogP contribution in [0.5, 0.6) is 0 Å². The molecule has 0 spiro atoms. The number of carboxylic acids is 3. The summed E-state index contributed by atoms with van der Waals surface area (Å²) in [5.74, 6) is -4.71. The highest BCUT2D eigenvalue weighted by molar-refractivity contribution is 5.85. The summed E-state index contributed by atoms with van der Waals surface area (Å²) in [4.78, 5) is 94.6. The number of carboxylic acid groups (broad SMARTS) is 3. The number of ketones is 2. The molecule has 0 aliphatic rings. The Hall–Kier alpha value is -4.04. The fourth-order valence-electron chi connectivity index (χ4n) is 6.69. The van der Waals surface area contributed by atoms with E-state index in [0.717, 1.165) is 64.2 Å². The lowest BCUT2D eigenvalue weighted by molar-refractivity contribution is -0.143. The first kappa shape index (κ1) is 61.0. The van der Waals surface area contributed by atoms with Crippen molar-refractivity contribution in [1.29, 1.82) is 0 Å². The molecule has 0 heterocycles. The molecule has 65 heavy (non-hydrogen) atoms. The first-order valence-corrected chi connectivity index (χ1v) is 23.6. The third kappa shape index (κ3) is 38.9. The maximum absolute atomic E-state index is 12.3. The van der Waals surface area contributed by atoms with Gasteiger partial charge in [0, 0.05) is 58.8 Å². The van der Waals surface area contributed by atoms with Crippen molar-refractivity contribution in [2.24, 2.45) is 5.92 Å². The van der Waals surface area contributed by atoms with Crippen LogP contribution in [0.3, 0.4) is 0 Å². The number of hydrogen-bond acceptors (Lipinski definition) is 13. The van der Waals surface area contributed by atoms with Gasteiger partial charge < -0.3 is 55.5 Å². The van der Waals surface area contributed by atoms with Gasteiger partial charge in [-0.3, -0.25) is 33.6 Å². The fourth-order valence-corrected chi connectivity index (χ4v) is 6.69. The Morgan fingerprint density at radius 3 is 1.58 bits per heavy atom. The Morgan fingerprint density at radius 1 is 0.477 bits per heavy atom. The quantitative estimate of drug-likeness (QED) is 0.0329. The van der Waals surface area contributed by atoms with Crippen molar-refractivity contribution in [2.45, 2.75) is 167 Å². The molecule has 7 N–H and O–H groups in total. The number of ether oxygens (including phenoxy) is 4. The molecule has 0 aromatic heterocycles. The van der Waals surface area contributed by atoms with Gasteiger partial charge in [-0.15, -0.1) is 0 Å². The largest absolute Gasteiger partial charge is 0.481 e. The molecule has 19 heteroatoms. The van der Waals surface area contributed by atoms with Gasteiger partial charge >= 0.3 is 17.9 Å². The molecule has 0 saturated carbocycles. The summed E-state index contributed by atoms with van der Waals surface area (Å²) in [7, 11) is 5.43. The number of unbranched alkanes of at least 4 members (excludes halogenated alkanes) is 10. The first-order chi connectivity index (χ1) is 31.3. The summed E-state index contributed by atoms with van der Waals surface area (Å²) < 4.78 is 21.4. The zero-order chi connectivity index (χ0) is 48.3. The van der Waals surface area contributed by atoms with Crippen LogP contribution in [-0.2, 0) is 57.3 Å². The van der Waals surface area contributed by atoms with E-state index in [1.165, 1.54) is 0 Å². The molecule has 19 nitrogen and oxygen atoms in total. The number of carbonyl (C=O) groups excluding carboxylic acids is 5. The van der Waals surface area contributed by atoms with E-state index in [4.69, 9.17) is 31.1 Å². The number of hydrogen-bond donors (Lipinski definition) is 7. The SMILES string of the molecule is [CH]N[C@@H](CCC)C(=O)CC[C@@H](CCCCNC(=O)COCCOCCNC(=O)COCCOCCCC(=O)CC[C@H](NC(=O)CCCCCCCCCCCCC(=O)O)C(=O)O)C(=O)O. The van der Waals surface area contributed by atoms with Gasteiger partial charge in [-0.2, -0.15) is 0 Å². The molecular formula is C46H80N4O15. The Labute approximate surface area is 385 Å². The Balaban J connectivity index is 3.75. The summed E-state index contributed by atoms with van der Waals surface area (Å²) in [6.45, 7) is 3.53. The lowest BCUT2D eigenvalue weighted by Gasteiger charge is -2.16. The van der Waals surface area contributed by atoms with Crippen molar-refractivity contribution in [3.05, 3.63) is 7.05 Å². The van der Waals surface area contributed by atoms with Gasteiger partial charge in [0.05, 0.1) is 45.0 Å². The predicted octanol–water partition coefficient (Wildman–Crippen LogP) is 4.40. The summed E-state index contributed by atoms with van der Waals surface area (Å²) >= 11 is 0. The van der Waals surface area contributed by atoms with Crippen LogP contribution in [0.4, 0.5) is 0 Å². The zero-order valence-corrected chi connectivity index (χ0v) is 38.9. The van der Waals surface area contributed by atoms with E-state index >= 15 is 0 Å². The third-order valence-electron chi connectivity index (χ3n) is 10.5. The normalized spacial score (nSPS) is 12.5. The molecule has 3 amide bonds. The van der Waals surface area contributed by atoms with Crippen LogP contribution in [0.25, 0.3) is 0 Å². The number of nitrogens with one attached hydrogen (secondary N) is 4. The van der Waals surface area contributed by atoms with Gasteiger partial charge in [-0.25, -0.2) is 4.79 Å². The predicted molar refractivity (Wildman–Crippen MR) is 241 cm³/mol. The Kier molecular flexibility index (Phi) is 39.9. The first-order valence-electron chi connectivity index (χ1n) is 23.6. The number of rotatable bonds is 48. The van der Waals surface area contributed by atoms with E-state index in [0.29, 0.717) is 45.1 Å². The Morgan fingerprint density at radius 2 is 1.03 bits per heavy atom. The van der Waals surface area contributed by atoms with Crippen molar-refractivity contribution in [1.82, 2.24) is 21.3 Å². The number of Topliss-reactive ketones (excluding diaryl/α,β-unsaturated/α-hetero) is 2. The molecule has 0 aromatic carbocycles. The number of amides is 3. The summed E-state index contributed by atoms with van der Waals surface area (Å²) in [6.07, 6.45) is 14.1. The van der Waals surface area contributed by atoms with E-state index in [-0.39, 0.29) is 134 Å². The van der Waals surface area contributed by atoms with Crippen LogP contribution in [0.2, 0.25) is 0 Å². The minimum Gasteiger partial charge on any atom is -0.481 e. The fraction of sp³-hybridized carbons (Fsp3) is 0.804. The third-order valence-corrected chi connectivity index (χ3v) is 10.5. The molecule has 374 valence electrons. The van der Waals surface area contributed by atoms with Crippen LogP contribution in [0.15, 0.2) is 0 Å². The van der Waals surface area contributed by atoms with Crippen LogP contribution < -0.4 is 21.3 Å². The second-order valence-electron chi connectivity index (χ2n) is 16.1. The minimum atomic E-state index is -1.18. The molecule has 0 bridgehead atoms. The van der Waals surface area contributed by atoms with E-state index in [1.807, 2.05) is 6.92 Å². The number of carbonyl (C=O) groups is 8. The van der Waals surface area contributed by atoms with E-state index in [9.17, 15) is 48.6 Å². The molecule has 0 fully saturated rings. The maximum atomic E-state index is 12.3. The lowest BCUT2D eigenvalue weighted by atomic mass is 9.93. The summed E-state index contributed by atoms with van der Waals surface area (Å²) in [5, 5.41) is 38.1. The van der Waals surface area contributed by atoms with Crippen LogP contribution in [0.1, 0.15) is 155 Å². The van der Waals surface area contributed by atoms with E-state index < -0.39 is 35.9 Å². The van der Waals surface area contributed by atoms with Gasteiger partial charge in [0.2, 0.25) is 17.7 Å². The molecule has 0 rings (SSSR count). The minimum absolute atomic E-state index is 0.0140. The lowest BCUT2D eigenvalue weighted by Crippen LogP contribution is -2.41. The summed E-state index contributed by atoms with van der Waals surface area (Å²) in [5.41, 5.74) is 0. The van der Waals surface area contributed by atoms with Gasteiger partial charge in [-0.05, 0) is 51.4 Å². The van der Waals surface area contributed by atoms with Crippen molar-refractivity contribution < 1.29 is 72.6 Å². The topological polar surface area (TPSA) is 282 Å². The van der Waals surface area contributed by atoms with Crippen LogP contribution in [0, 0.1) is 13.0 Å². The zero-order valence-electron chi connectivity index (χ0n) is 38.9. The summed E-state index contributed by atoms with van der Waals surface area (Å²) in [6, 6.07) is -1.59. The van der Waals surface area contributed by atoms with Gasteiger partial charge in [0.25, 0.3) is 0 Å². The molecule has 0 saturated heterocycles. The molecule has 2 radical (unpaired) electrons. The maximum Gasteiger partial charge on any atom is 0.326 e. The smallest absolute Gasteiger partial charge is 0.326 e. The highest BCUT2D eigenvalue weighted by atomic mass is 16.5. The molecule has 0 aromatic rings. The van der Waals surface area contributed by atoms with Crippen LogP contribution in [-0.4, -0.2) is 141 Å². The highest BCUT2D eigenvalue weighted by Gasteiger charge is 2.22. The van der Waals surface area contributed by atoms with Gasteiger partial charge in [0.1, 0.15) is 30.8 Å². The molecule has 0 unspecified atom stereocenters. The monoisotopic (exact) mass is 929 g/mol. The standard InChI is InChI=1S/C46H80N4O15/c1-3-17-38(47-2)40(52)25-22-36(45(58)59)18-14-15-26-48-42(54)34-65-33-31-63-29-27-49-43(55)35-64-32-30-62-28-16-19-37(51)23-24-39(46(60)61)50-41(53)20-12-10-8-6-4-5-7-9-11-13-21-44(56)57/h2,36,38-39,47H,3-35H2,1H3,(H,48,54)(H,49,55)(H,50,53)(H,56,57)(H,58,59)(H,60,61)/t36-,38+,39+/m1/s1. The highest BCUT2D eigenvalue weighted by Crippen LogP contribution is 2.17. The van der Waals surface area contributed by atoms with Crippen molar-refractivity contribution in [3.63, 3.8) is 0 Å². The number of aliphatic carboxylic acids is 3. The van der Waals surface area contributed by atoms with Crippen molar-refractivity contribution in [2.75, 3.05) is 65.9 Å². The second-order valence-corrected chi connectivity index (χ2v) is 16.1. The average Bonchev–Trinajstić information content (AvgIpc) is 3.26. The van der Waals surface area contributed by atoms with Gasteiger partial charge in [0.15, 0.2) is 0 Å². The molecule has 3 atom stereocenters. The molecule has 0 aliphatic heterocycles.